The largest absolute Gasteiger partial charge is 0.328 e. The third-order valence-corrected chi connectivity index (χ3v) is 2.57. The Bertz CT molecular complexity index is 85.0. The van der Waals surface area contributed by atoms with Crippen LogP contribution in [0.3, 0.4) is 0 Å². The van der Waals surface area contributed by atoms with E-state index in [0.717, 1.165) is 0 Å². The van der Waals surface area contributed by atoms with Crippen molar-refractivity contribution in [2.75, 3.05) is 0 Å². The summed E-state index contributed by atoms with van der Waals surface area (Å²) in [6.45, 7) is 4.50. The Morgan fingerprint density at radius 1 is 0.643 bits per heavy atom. The molecule has 0 N–H and O–H groups in total. The van der Waals surface area contributed by atoms with Crippen LogP contribution in [0.1, 0.15) is 64.2 Å². The van der Waals surface area contributed by atoms with Gasteiger partial charge in [0.25, 0.3) is 0 Å². The summed E-state index contributed by atoms with van der Waals surface area (Å²) in [6, 6.07) is 0. The van der Waals surface area contributed by atoms with E-state index in [1.54, 1.807) is 0 Å². The minimum atomic E-state index is 0. The summed E-state index contributed by atoms with van der Waals surface area (Å²) in [6.07, 6.45) is 17.0. The second-order valence-electron chi connectivity index (χ2n) is 3.69. The van der Waals surface area contributed by atoms with Crippen LogP contribution in [0.15, 0.2) is 0 Å². The van der Waals surface area contributed by atoms with E-state index in [9.17, 15) is 0 Å². The maximum atomic E-state index is 7.50. The van der Waals surface area contributed by atoms with Crippen LogP contribution in [0.2, 0.25) is 0 Å². The van der Waals surface area contributed by atoms with Gasteiger partial charge in [-0.25, -0.2) is 0 Å². The monoisotopic (exact) mass is 374 g/mol. The van der Waals surface area contributed by atoms with E-state index in [0.29, 0.717) is 0 Å². The molecule has 0 aromatic carbocycles. The molecule has 0 saturated heterocycles. The Hall–Kier alpha value is 0.389. The first-order valence-electron chi connectivity index (χ1n) is 5.52. The molecule has 0 aromatic rings. The van der Waals surface area contributed by atoms with Gasteiger partial charge >= 0.3 is 11.3 Å². The smallest absolute Gasteiger partial charge is 0 e. The van der Waals surface area contributed by atoms with Crippen molar-refractivity contribution in [2.45, 2.75) is 64.2 Å². The topological polar surface area (TPSA) is 19.9 Å². The summed E-state index contributed by atoms with van der Waals surface area (Å²) in [5.74, 6) is 0. The minimum Gasteiger partial charge on any atom is -0.328 e. The summed E-state index contributed by atoms with van der Waals surface area (Å²) in [5.41, 5.74) is 0. The first kappa shape index (κ1) is 16.8. The Labute approximate surface area is 102 Å². The first-order valence-corrected chi connectivity index (χ1v) is 5.52. The molecular formula is C12H21IrO-. The quantitative estimate of drug-likeness (QED) is 0.451. The number of hydrogen-bond acceptors (Lipinski definition) is 0. The fourth-order valence-electron chi connectivity index (χ4n) is 1.78. The molecule has 2 fully saturated rings. The summed E-state index contributed by atoms with van der Waals surface area (Å²) in [7, 11) is 0. The van der Waals surface area contributed by atoms with Gasteiger partial charge in [0, 0.05) is 20.1 Å². The molecule has 2 aliphatic rings. The molecule has 2 rings (SSSR count). The van der Waals surface area contributed by atoms with Gasteiger partial charge < -0.3 is 6.42 Å². The molecule has 85 valence electrons. The maximum absolute atomic E-state index is 7.50. The van der Waals surface area contributed by atoms with Gasteiger partial charge in [-0.1, -0.05) is 51.4 Å². The van der Waals surface area contributed by atoms with E-state index in [-0.39, 0.29) is 20.1 Å². The van der Waals surface area contributed by atoms with Crippen molar-refractivity contribution in [3.63, 3.8) is 0 Å². The third kappa shape index (κ3) is 12.4. The molecule has 0 aliphatic heterocycles. The summed E-state index contributed by atoms with van der Waals surface area (Å²) in [4.78, 5) is 0. The van der Waals surface area contributed by atoms with E-state index in [2.05, 4.69) is 13.1 Å². The van der Waals surface area contributed by atoms with Crippen molar-refractivity contribution < 1.29 is 24.8 Å². The van der Waals surface area contributed by atoms with Crippen LogP contribution in [-0.2, 0) is 24.8 Å². The molecule has 0 spiro atoms. The Balaban J connectivity index is 0. The van der Waals surface area contributed by atoms with Crippen molar-refractivity contribution in [1.82, 2.24) is 0 Å². The SMILES string of the molecule is C1CCCC1.[C-]#[O+].[CH-]1CCCCC1.[Ir]. The second-order valence-corrected chi connectivity index (χ2v) is 3.69. The molecule has 2 heteroatoms. The van der Waals surface area contributed by atoms with Crippen LogP contribution in [0.25, 0.3) is 0 Å². The van der Waals surface area contributed by atoms with Gasteiger partial charge in [-0.2, -0.15) is 12.8 Å². The first-order chi connectivity index (χ1) is 6.50. The van der Waals surface area contributed by atoms with Gasteiger partial charge in [0.15, 0.2) is 0 Å². The van der Waals surface area contributed by atoms with E-state index < -0.39 is 0 Å². The number of rotatable bonds is 0. The van der Waals surface area contributed by atoms with Crippen molar-refractivity contribution >= 4 is 0 Å². The fourth-order valence-corrected chi connectivity index (χ4v) is 1.78. The van der Waals surface area contributed by atoms with Crippen LogP contribution in [0, 0.1) is 13.1 Å². The van der Waals surface area contributed by atoms with Gasteiger partial charge in [-0.05, 0) is 0 Å². The van der Waals surface area contributed by atoms with E-state index in [1.807, 2.05) is 0 Å². The molecular weight excluding hydrogens is 352 g/mol. The molecule has 1 nitrogen and oxygen atoms in total. The molecule has 0 heterocycles. The predicted octanol–water partition coefficient (Wildman–Crippen LogP) is 4.07. The van der Waals surface area contributed by atoms with E-state index in [1.165, 1.54) is 64.2 Å². The summed E-state index contributed by atoms with van der Waals surface area (Å²) < 4.78 is 7.50. The Morgan fingerprint density at radius 2 is 0.929 bits per heavy atom. The van der Waals surface area contributed by atoms with Crippen molar-refractivity contribution in [2.24, 2.45) is 0 Å². The van der Waals surface area contributed by atoms with Crippen LogP contribution in [0.4, 0.5) is 0 Å². The van der Waals surface area contributed by atoms with Crippen LogP contribution in [-0.4, -0.2) is 0 Å². The van der Waals surface area contributed by atoms with E-state index in [4.69, 9.17) is 4.65 Å². The van der Waals surface area contributed by atoms with Gasteiger partial charge in [-0.3, -0.25) is 0 Å². The van der Waals surface area contributed by atoms with Crippen LogP contribution >= 0.6 is 0 Å². The zero-order valence-corrected chi connectivity index (χ0v) is 11.3. The van der Waals surface area contributed by atoms with Crippen LogP contribution in [0.5, 0.6) is 0 Å². The molecule has 1 radical (unpaired) electrons. The zero-order valence-electron chi connectivity index (χ0n) is 8.89. The van der Waals surface area contributed by atoms with Crippen molar-refractivity contribution in [1.29, 1.82) is 0 Å². The van der Waals surface area contributed by atoms with Gasteiger partial charge in [0.1, 0.15) is 0 Å². The Morgan fingerprint density at radius 3 is 1.07 bits per heavy atom. The molecule has 0 aromatic heterocycles. The normalized spacial score (nSPS) is 19.0. The molecule has 0 bridgehead atoms. The van der Waals surface area contributed by atoms with Crippen molar-refractivity contribution in [3.05, 3.63) is 13.1 Å². The van der Waals surface area contributed by atoms with Crippen LogP contribution < -0.4 is 0 Å². The molecule has 0 amide bonds. The summed E-state index contributed by atoms with van der Waals surface area (Å²) in [5, 5.41) is 0. The number of hydrogen-bond donors (Lipinski definition) is 0. The van der Waals surface area contributed by atoms with Gasteiger partial charge in [-0.15, -0.1) is 0 Å². The van der Waals surface area contributed by atoms with Gasteiger partial charge in [0.05, 0.1) is 0 Å². The minimum absolute atomic E-state index is 0. The maximum Gasteiger partial charge on any atom is 0 e. The molecule has 2 saturated carbocycles. The molecule has 2 aliphatic carbocycles. The average Bonchev–Trinajstić information content (AvgIpc) is 2.82. The molecule has 14 heavy (non-hydrogen) atoms. The Kier molecular flexibility index (Phi) is 19.0. The molecule has 0 atom stereocenters. The predicted molar refractivity (Wildman–Crippen MR) is 54.4 cm³/mol. The van der Waals surface area contributed by atoms with E-state index >= 15 is 0 Å². The third-order valence-electron chi connectivity index (χ3n) is 2.57. The van der Waals surface area contributed by atoms with Crippen molar-refractivity contribution in [3.8, 4) is 0 Å². The fraction of sp³-hybridized carbons (Fsp3) is 0.833. The zero-order chi connectivity index (χ0) is 9.78. The molecule has 0 unspecified atom stereocenters. The second kappa shape index (κ2) is 15.8. The summed E-state index contributed by atoms with van der Waals surface area (Å²) >= 11 is 0. The van der Waals surface area contributed by atoms with Gasteiger partial charge in [0.2, 0.25) is 0 Å². The standard InChI is InChI=1S/C6H11.C5H10.CO.Ir/c1-2-4-6-5-3-1;1-2-4-5-3-1;1-2;/h1H,2-6H2;1-5H2;;/q-1;;;. The average molecular weight is 374 g/mol.